The van der Waals surface area contributed by atoms with Gasteiger partial charge < -0.3 is 15.2 Å². The molecule has 0 radical (unpaired) electrons. The quantitative estimate of drug-likeness (QED) is 0.667. The molecule has 0 saturated carbocycles. The van der Waals surface area contributed by atoms with Crippen LogP contribution in [0, 0.1) is 10.1 Å². The van der Waals surface area contributed by atoms with Gasteiger partial charge in [-0.05, 0) is 18.2 Å². The molecule has 0 aliphatic carbocycles. The molecule has 0 amide bonds. The molecule has 1 aromatic heterocycles. The van der Waals surface area contributed by atoms with E-state index in [0.717, 1.165) is 0 Å². The second-order valence-electron chi connectivity index (χ2n) is 3.78. The summed E-state index contributed by atoms with van der Waals surface area (Å²) in [6.07, 6.45) is 1.17. The van der Waals surface area contributed by atoms with Crippen molar-refractivity contribution in [3.05, 3.63) is 34.6 Å². The third-order valence-corrected chi connectivity index (χ3v) is 2.69. The van der Waals surface area contributed by atoms with Crippen LogP contribution in [0.15, 0.2) is 24.5 Å². The van der Waals surface area contributed by atoms with Crippen molar-refractivity contribution in [1.82, 2.24) is 9.97 Å². The molecule has 20 heavy (non-hydrogen) atoms. The number of ether oxygens (including phenoxy) is 2. The van der Waals surface area contributed by atoms with Crippen LogP contribution in [0.1, 0.15) is 0 Å². The average molecular weight is 276 g/mol. The molecule has 0 unspecified atom stereocenters. The Hall–Kier alpha value is -2.90. The lowest BCUT2D eigenvalue weighted by molar-refractivity contribution is -0.383. The summed E-state index contributed by atoms with van der Waals surface area (Å²) in [6, 6.07) is 4.86. The monoisotopic (exact) mass is 276 g/mol. The van der Waals surface area contributed by atoms with Crippen LogP contribution < -0.4 is 15.2 Å². The number of anilines is 1. The molecule has 2 aromatic rings. The topological polar surface area (TPSA) is 113 Å². The van der Waals surface area contributed by atoms with E-state index >= 15 is 0 Å². The van der Waals surface area contributed by atoms with Crippen LogP contribution in [0.3, 0.4) is 0 Å². The first-order valence-corrected chi connectivity index (χ1v) is 5.55. The summed E-state index contributed by atoms with van der Waals surface area (Å²) in [5, 5.41) is 11.1. The minimum absolute atomic E-state index is 0.128. The molecular weight excluding hydrogens is 264 g/mol. The van der Waals surface area contributed by atoms with Gasteiger partial charge in [0.1, 0.15) is 6.33 Å². The lowest BCUT2D eigenvalue weighted by atomic mass is 10.1. The fourth-order valence-corrected chi connectivity index (χ4v) is 1.77. The van der Waals surface area contributed by atoms with Crippen molar-refractivity contribution in [2.75, 3.05) is 20.0 Å². The summed E-state index contributed by atoms with van der Waals surface area (Å²) < 4.78 is 10.3. The maximum Gasteiger partial charge on any atom is 0.337 e. The van der Waals surface area contributed by atoms with Gasteiger partial charge in [0.05, 0.1) is 19.1 Å². The summed E-state index contributed by atoms with van der Waals surface area (Å²) >= 11 is 0. The second-order valence-corrected chi connectivity index (χ2v) is 3.78. The molecule has 1 heterocycles. The van der Waals surface area contributed by atoms with Crippen molar-refractivity contribution in [3.63, 3.8) is 0 Å². The van der Waals surface area contributed by atoms with Gasteiger partial charge >= 0.3 is 5.69 Å². The van der Waals surface area contributed by atoms with Crippen molar-refractivity contribution >= 4 is 11.5 Å². The number of hydrogen-bond acceptors (Lipinski definition) is 7. The summed E-state index contributed by atoms with van der Waals surface area (Å²) in [5.74, 6) is 0.771. The fraction of sp³-hybridized carbons (Fsp3) is 0.167. The average Bonchev–Trinajstić information content (AvgIpc) is 2.45. The first-order valence-electron chi connectivity index (χ1n) is 5.55. The van der Waals surface area contributed by atoms with E-state index in [1.54, 1.807) is 18.2 Å². The number of nitrogen functional groups attached to an aromatic ring is 1. The van der Waals surface area contributed by atoms with E-state index in [1.165, 1.54) is 20.5 Å². The molecule has 0 aliphatic rings. The molecule has 0 aliphatic heterocycles. The molecule has 2 N–H and O–H groups in total. The molecular formula is C12H12N4O4. The van der Waals surface area contributed by atoms with Crippen LogP contribution >= 0.6 is 0 Å². The first kappa shape index (κ1) is 13.5. The molecule has 8 nitrogen and oxygen atoms in total. The minimum Gasteiger partial charge on any atom is -0.493 e. The van der Waals surface area contributed by atoms with E-state index in [-0.39, 0.29) is 17.2 Å². The van der Waals surface area contributed by atoms with Crippen LogP contribution in [0.25, 0.3) is 11.3 Å². The van der Waals surface area contributed by atoms with Crippen molar-refractivity contribution in [3.8, 4) is 22.8 Å². The van der Waals surface area contributed by atoms with Crippen molar-refractivity contribution in [1.29, 1.82) is 0 Å². The van der Waals surface area contributed by atoms with Gasteiger partial charge in [0.25, 0.3) is 0 Å². The minimum atomic E-state index is -0.610. The molecule has 0 atom stereocenters. The number of aromatic nitrogens is 2. The summed E-state index contributed by atoms with van der Waals surface area (Å²) in [5.41, 5.74) is 5.82. The molecule has 0 saturated heterocycles. The van der Waals surface area contributed by atoms with E-state index in [9.17, 15) is 10.1 Å². The van der Waals surface area contributed by atoms with E-state index in [1.807, 2.05) is 0 Å². The molecule has 8 heteroatoms. The van der Waals surface area contributed by atoms with E-state index in [0.29, 0.717) is 17.1 Å². The SMILES string of the molecule is COc1ccc(-c2ncnc(N)c2[N+](=O)[O-])cc1OC. The molecule has 0 spiro atoms. The molecule has 0 fully saturated rings. The highest BCUT2D eigenvalue weighted by Gasteiger charge is 2.22. The van der Waals surface area contributed by atoms with Crippen LogP contribution in [0.5, 0.6) is 11.5 Å². The van der Waals surface area contributed by atoms with Gasteiger partial charge in [-0.15, -0.1) is 0 Å². The Morgan fingerprint density at radius 2 is 1.90 bits per heavy atom. The third kappa shape index (κ3) is 2.30. The van der Waals surface area contributed by atoms with Gasteiger partial charge in [-0.2, -0.15) is 0 Å². The Balaban J connectivity index is 2.63. The Morgan fingerprint density at radius 1 is 1.20 bits per heavy atom. The number of benzene rings is 1. The lowest BCUT2D eigenvalue weighted by Gasteiger charge is -2.09. The Labute approximate surface area is 114 Å². The molecule has 2 rings (SSSR count). The van der Waals surface area contributed by atoms with Crippen LogP contribution in [0.4, 0.5) is 11.5 Å². The standard InChI is InChI=1S/C12H12N4O4/c1-19-8-4-3-7(5-9(8)20-2)10-11(16(17)18)12(13)15-6-14-10/h3-6H,1-2H3,(H2,13,14,15). The van der Waals surface area contributed by atoms with Crippen LogP contribution in [-0.2, 0) is 0 Å². The zero-order valence-corrected chi connectivity index (χ0v) is 10.9. The highest BCUT2D eigenvalue weighted by molar-refractivity contribution is 5.77. The van der Waals surface area contributed by atoms with Crippen molar-refractivity contribution < 1.29 is 14.4 Å². The van der Waals surface area contributed by atoms with E-state index in [2.05, 4.69) is 9.97 Å². The maximum absolute atomic E-state index is 11.1. The zero-order valence-electron chi connectivity index (χ0n) is 10.9. The number of nitrogens with two attached hydrogens (primary N) is 1. The highest BCUT2D eigenvalue weighted by atomic mass is 16.6. The maximum atomic E-state index is 11.1. The first-order chi connectivity index (χ1) is 9.58. The summed E-state index contributed by atoms with van der Waals surface area (Å²) in [6.45, 7) is 0. The Morgan fingerprint density at radius 3 is 2.50 bits per heavy atom. The molecule has 104 valence electrons. The lowest BCUT2D eigenvalue weighted by Crippen LogP contribution is -2.02. The Bertz CT molecular complexity index is 660. The summed E-state index contributed by atoms with van der Waals surface area (Å²) in [7, 11) is 2.98. The highest BCUT2D eigenvalue weighted by Crippen LogP contribution is 2.36. The normalized spacial score (nSPS) is 10.1. The smallest absolute Gasteiger partial charge is 0.337 e. The van der Waals surface area contributed by atoms with Gasteiger partial charge in [0, 0.05) is 5.56 Å². The number of nitro groups is 1. The van der Waals surface area contributed by atoms with Crippen molar-refractivity contribution in [2.45, 2.75) is 0 Å². The number of nitrogens with zero attached hydrogens (tertiary/aromatic N) is 3. The van der Waals surface area contributed by atoms with Gasteiger partial charge in [-0.3, -0.25) is 10.1 Å². The van der Waals surface area contributed by atoms with Gasteiger partial charge in [0.15, 0.2) is 17.2 Å². The number of hydrogen-bond donors (Lipinski definition) is 1. The van der Waals surface area contributed by atoms with Gasteiger partial charge in [-0.1, -0.05) is 0 Å². The number of rotatable bonds is 4. The van der Waals surface area contributed by atoms with Crippen LogP contribution in [0.2, 0.25) is 0 Å². The van der Waals surface area contributed by atoms with Crippen LogP contribution in [-0.4, -0.2) is 29.1 Å². The van der Waals surface area contributed by atoms with E-state index in [4.69, 9.17) is 15.2 Å². The predicted molar refractivity (Wildman–Crippen MR) is 71.6 cm³/mol. The van der Waals surface area contributed by atoms with Crippen molar-refractivity contribution in [2.24, 2.45) is 0 Å². The largest absolute Gasteiger partial charge is 0.493 e. The predicted octanol–water partition coefficient (Wildman–Crippen LogP) is 1.65. The summed E-state index contributed by atoms with van der Waals surface area (Å²) in [4.78, 5) is 18.0. The van der Waals surface area contributed by atoms with Gasteiger partial charge in [0.2, 0.25) is 5.82 Å². The number of methoxy groups -OCH3 is 2. The third-order valence-electron chi connectivity index (χ3n) is 2.69. The zero-order chi connectivity index (χ0) is 14.7. The fourth-order valence-electron chi connectivity index (χ4n) is 1.77. The second kappa shape index (κ2) is 5.39. The molecule has 1 aromatic carbocycles. The van der Waals surface area contributed by atoms with Gasteiger partial charge in [-0.25, -0.2) is 9.97 Å². The molecule has 0 bridgehead atoms. The Kier molecular flexibility index (Phi) is 3.65. The van der Waals surface area contributed by atoms with E-state index < -0.39 is 4.92 Å².